The van der Waals surface area contributed by atoms with Crippen molar-refractivity contribution in [1.82, 2.24) is 0 Å². The average Bonchev–Trinajstić information content (AvgIpc) is 3.69. The van der Waals surface area contributed by atoms with E-state index in [1.165, 1.54) is 116 Å². The van der Waals surface area contributed by atoms with Crippen molar-refractivity contribution in [3.63, 3.8) is 0 Å². The van der Waals surface area contributed by atoms with Gasteiger partial charge in [0.15, 0.2) is 0 Å². The van der Waals surface area contributed by atoms with Crippen LogP contribution in [0.1, 0.15) is 204 Å². The van der Waals surface area contributed by atoms with Crippen molar-refractivity contribution in [3.05, 3.63) is 23.3 Å². The van der Waals surface area contributed by atoms with Gasteiger partial charge in [-0.3, -0.25) is 0 Å². The van der Waals surface area contributed by atoms with Gasteiger partial charge in [0.25, 0.3) is 0 Å². The van der Waals surface area contributed by atoms with Gasteiger partial charge in [0, 0.05) is 11.8 Å². The third-order valence-corrected chi connectivity index (χ3v) is 21.0. The quantitative estimate of drug-likeness (QED) is 0.200. The summed E-state index contributed by atoms with van der Waals surface area (Å²) in [5.41, 5.74) is 4.84. The monoisotopic (exact) mass is 771 g/mol. The molecule has 0 radical (unpaired) electrons. The molecular weight excluding hydrogens is 681 g/mol. The third kappa shape index (κ3) is 7.13. The Kier molecular flexibility index (Phi) is 12.0. The number of ether oxygens (including phenoxy) is 1. The molecule has 1 unspecified atom stereocenters. The lowest BCUT2D eigenvalue weighted by molar-refractivity contribution is -0.158. The largest absolute Gasteiger partial charge is 0.393 e. The van der Waals surface area contributed by atoms with E-state index in [4.69, 9.17) is 4.74 Å². The van der Waals surface area contributed by atoms with E-state index in [0.717, 1.165) is 84.4 Å². The van der Waals surface area contributed by atoms with Crippen LogP contribution in [0, 0.1) is 92.7 Å². The zero-order valence-electron chi connectivity index (χ0n) is 38.5. The molecule has 1 N–H and O–H groups in total. The van der Waals surface area contributed by atoms with Gasteiger partial charge in [-0.2, -0.15) is 0 Å². The van der Waals surface area contributed by atoms with E-state index < -0.39 is 0 Å². The first kappa shape index (κ1) is 42.1. The van der Waals surface area contributed by atoms with E-state index in [0.29, 0.717) is 28.3 Å². The molecule has 0 saturated heterocycles. The molecule has 0 heterocycles. The first-order valence-electron chi connectivity index (χ1n) is 25.3. The minimum absolute atomic E-state index is 0.0794. The molecule has 318 valence electrons. The van der Waals surface area contributed by atoms with Gasteiger partial charge < -0.3 is 9.84 Å². The van der Waals surface area contributed by atoms with Crippen LogP contribution in [0.3, 0.4) is 0 Å². The summed E-state index contributed by atoms with van der Waals surface area (Å²) in [6, 6.07) is 0. The van der Waals surface area contributed by atoms with Crippen molar-refractivity contribution >= 4 is 0 Å². The molecule has 8 aliphatic carbocycles. The lowest BCUT2D eigenvalue weighted by Crippen LogP contribution is -2.57. The highest BCUT2D eigenvalue weighted by Crippen LogP contribution is 2.70. The Hall–Kier alpha value is -0.600. The second kappa shape index (κ2) is 16.0. The Morgan fingerprint density at radius 1 is 0.607 bits per heavy atom. The molecule has 0 amide bonds. The van der Waals surface area contributed by atoms with E-state index in [2.05, 4.69) is 81.4 Å². The van der Waals surface area contributed by atoms with Crippen LogP contribution >= 0.6 is 0 Å². The molecule has 0 aromatic heterocycles. The minimum Gasteiger partial charge on any atom is -0.393 e. The summed E-state index contributed by atoms with van der Waals surface area (Å²) in [4.78, 5) is 0. The van der Waals surface area contributed by atoms with Gasteiger partial charge in [0.1, 0.15) is 0 Å². The van der Waals surface area contributed by atoms with E-state index in [1.54, 1.807) is 11.1 Å². The van der Waals surface area contributed by atoms with E-state index in [1.807, 2.05) is 0 Å². The molecule has 0 bridgehead atoms. The number of fused-ring (bicyclic) bond motifs is 10. The molecule has 6 fully saturated rings. The van der Waals surface area contributed by atoms with Crippen LogP contribution in [0.25, 0.3) is 0 Å². The van der Waals surface area contributed by atoms with Crippen molar-refractivity contribution in [2.75, 3.05) is 0 Å². The molecule has 56 heavy (non-hydrogen) atoms. The minimum atomic E-state index is -0.250. The Morgan fingerprint density at radius 3 is 1.71 bits per heavy atom. The van der Waals surface area contributed by atoms with Gasteiger partial charge >= 0.3 is 0 Å². The number of hydrogen-bond acceptors (Lipinski definition) is 2. The predicted molar refractivity (Wildman–Crippen MR) is 236 cm³/mol. The Labute approximate surface area is 347 Å². The van der Waals surface area contributed by atoms with Gasteiger partial charge in [-0.05, 0) is 177 Å². The van der Waals surface area contributed by atoms with Crippen LogP contribution in [0.5, 0.6) is 0 Å². The first-order valence-corrected chi connectivity index (χ1v) is 25.3. The smallest absolute Gasteiger partial charge is 0.0697 e. The van der Waals surface area contributed by atoms with Gasteiger partial charge in [-0.15, -0.1) is 0 Å². The van der Waals surface area contributed by atoms with Crippen LogP contribution in [-0.2, 0) is 4.74 Å². The Bertz CT molecular complexity index is 1440. The zero-order valence-corrected chi connectivity index (χ0v) is 38.5. The topological polar surface area (TPSA) is 29.5 Å². The van der Waals surface area contributed by atoms with Gasteiger partial charge in [0.2, 0.25) is 0 Å². The van der Waals surface area contributed by atoms with Crippen molar-refractivity contribution in [1.29, 1.82) is 0 Å². The van der Waals surface area contributed by atoms with Crippen LogP contribution in [0.15, 0.2) is 23.3 Å². The summed E-state index contributed by atoms with van der Waals surface area (Å²) >= 11 is 0. The zero-order chi connectivity index (χ0) is 39.8. The summed E-state index contributed by atoms with van der Waals surface area (Å²) in [5, 5.41) is 11.4. The van der Waals surface area contributed by atoms with Crippen LogP contribution in [-0.4, -0.2) is 23.4 Å². The maximum atomic E-state index is 11.4. The summed E-state index contributed by atoms with van der Waals surface area (Å²) < 4.78 is 7.54. The summed E-state index contributed by atoms with van der Waals surface area (Å²) in [6.07, 6.45) is 33.6. The summed E-state index contributed by atoms with van der Waals surface area (Å²) in [7, 11) is 0. The van der Waals surface area contributed by atoms with Crippen LogP contribution < -0.4 is 0 Å². The molecular formula is C54H90O2. The number of aliphatic hydroxyl groups excluding tert-OH is 1. The Balaban J connectivity index is 0.945. The maximum Gasteiger partial charge on any atom is 0.0697 e. The highest BCUT2D eigenvalue weighted by molar-refractivity contribution is 5.29. The van der Waals surface area contributed by atoms with Crippen molar-refractivity contribution in [2.45, 2.75) is 222 Å². The van der Waals surface area contributed by atoms with Gasteiger partial charge in [-0.25, -0.2) is 0 Å². The molecule has 2 nitrogen and oxygen atoms in total. The lowest BCUT2D eigenvalue weighted by atomic mass is 9.46. The Morgan fingerprint density at radius 2 is 1.14 bits per heavy atom. The molecule has 2 heteroatoms. The van der Waals surface area contributed by atoms with Gasteiger partial charge in [-0.1, -0.05) is 131 Å². The fraction of sp³-hybridized carbons (Fsp3) is 0.926. The fourth-order valence-electron chi connectivity index (χ4n) is 17.9. The molecule has 6 saturated carbocycles. The molecule has 0 aromatic rings. The third-order valence-electron chi connectivity index (χ3n) is 21.0. The predicted octanol–water partition coefficient (Wildman–Crippen LogP) is 14.8. The molecule has 17 atom stereocenters. The SMILES string of the molecule is CC(C)CCC[C@@H](C)[C@H]1CC[C@H]2[C@@H]3CC=C4C[C@@H](OC5C[C@H](O)CC6=CC[C@H]7[C@@H]8CC[C@H]([C@H](C)CCCC(C)C)[C@@]8(C)CC[C@@H]7[C@]65C)CC[C@]4(C)[C@H]3CC[C@]12C. The number of rotatable bonds is 12. The average molecular weight is 771 g/mol. The van der Waals surface area contributed by atoms with Gasteiger partial charge in [0.05, 0.1) is 18.3 Å². The second-order valence-electron chi connectivity index (χ2n) is 24.5. The molecule has 8 aliphatic rings. The molecule has 8 rings (SSSR count). The van der Waals surface area contributed by atoms with Crippen LogP contribution in [0.2, 0.25) is 0 Å². The number of allylic oxidation sites excluding steroid dienone is 2. The van der Waals surface area contributed by atoms with E-state index >= 15 is 0 Å². The van der Waals surface area contributed by atoms with Crippen LogP contribution in [0.4, 0.5) is 0 Å². The maximum absolute atomic E-state index is 11.4. The summed E-state index contributed by atoms with van der Waals surface area (Å²) in [6.45, 7) is 25.6. The second-order valence-corrected chi connectivity index (χ2v) is 24.5. The lowest BCUT2D eigenvalue weighted by Gasteiger charge is -2.61. The molecule has 0 spiro atoms. The number of aliphatic hydroxyl groups is 1. The summed E-state index contributed by atoms with van der Waals surface area (Å²) in [5.74, 6) is 10.3. The van der Waals surface area contributed by atoms with Crippen molar-refractivity contribution in [2.24, 2.45) is 92.7 Å². The highest BCUT2D eigenvalue weighted by atomic mass is 16.5. The highest BCUT2D eigenvalue weighted by Gasteiger charge is 2.63. The first-order chi connectivity index (χ1) is 26.6. The fourth-order valence-corrected chi connectivity index (χ4v) is 17.9. The standard InChI is InChI=1S/C54H90O2/c1-34(2)13-11-15-36(5)44-21-23-46-42-19-17-38-32-41(25-28-51(38,7)48(42)26-29-52(44,46)8)56-50-33-40(55)31-39-18-20-43-47-24-22-45(37(6)16-12-14-35(3)4)53(47,9)30-27-49(43)54(39,50)10/h17-18,34-37,40-50,55H,11-16,19-33H2,1-10H3/t36-,37-,40-,41+,42+,43+,44-,45-,46+,47+,48+,49+,50?,51+,52-,53-,54+/m1/s1. The normalized spacial score (nSPS) is 48.2. The van der Waals surface area contributed by atoms with Crippen molar-refractivity contribution in [3.8, 4) is 0 Å². The molecule has 0 aliphatic heterocycles. The van der Waals surface area contributed by atoms with E-state index in [9.17, 15) is 5.11 Å². The van der Waals surface area contributed by atoms with Crippen molar-refractivity contribution < 1.29 is 9.84 Å². The number of hydrogen-bond donors (Lipinski definition) is 1. The van der Waals surface area contributed by atoms with E-state index in [-0.39, 0.29) is 17.6 Å². The molecule has 0 aromatic carbocycles.